The van der Waals surface area contributed by atoms with Gasteiger partial charge in [0.25, 0.3) is 0 Å². The molecule has 0 spiro atoms. The average Bonchev–Trinajstić information content (AvgIpc) is 2.68. The molecule has 1 aliphatic heterocycles. The number of nitrogens with one attached hydrogen (secondary N) is 1. The first-order valence-corrected chi connectivity index (χ1v) is 9.68. The van der Waals surface area contributed by atoms with Crippen LogP contribution in [0, 0.1) is 0 Å². The zero-order valence-corrected chi connectivity index (χ0v) is 17.4. The smallest absolute Gasteiger partial charge is 0.193 e. The fraction of sp³-hybridized carbons (Fsp3) is 0.650. The maximum absolute atomic E-state index is 5.84. The van der Waals surface area contributed by atoms with Gasteiger partial charge >= 0.3 is 0 Å². The molecule has 0 saturated carbocycles. The van der Waals surface area contributed by atoms with Gasteiger partial charge in [-0.3, -0.25) is 9.89 Å². The maximum atomic E-state index is 5.84. The van der Waals surface area contributed by atoms with Crippen LogP contribution in [0.15, 0.2) is 29.3 Å². The van der Waals surface area contributed by atoms with Crippen LogP contribution >= 0.6 is 0 Å². The van der Waals surface area contributed by atoms with Crippen molar-refractivity contribution in [2.45, 2.75) is 13.0 Å². The Bertz CT molecular complexity index is 578. The molecule has 1 unspecified atom stereocenters. The van der Waals surface area contributed by atoms with Crippen molar-refractivity contribution in [2.24, 2.45) is 4.99 Å². The number of methoxy groups -OCH3 is 1. The molecule has 1 aromatic carbocycles. The Kier molecular flexibility index (Phi) is 8.67. The van der Waals surface area contributed by atoms with Crippen LogP contribution in [0.2, 0.25) is 0 Å². The van der Waals surface area contributed by atoms with Gasteiger partial charge < -0.3 is 24.6 Å². The molecule has 152 valence electrons. The molecular weight excluding hydrogens is 342 g/mol. The van der Waals surface area contributed by atoms with Gasteiger partial charge in [-0.25, -0.2) is 0 Å². The highest BCUT2D eigenvalue weighted by molar-refractivity contribution is 5.79. The fourth-order valence-electron chi connectivity index (χ4n) is 3.04. The molecule has 0 aliphatic carbocycles. The number of hydrogen-bond donors (Lipinski definition) is 1. The summed E-state index contributed by atoms with van der Waals surface area (Å²) in [4.78, 5) is 11.8. The number of nitrogens with zero attached hydrogens (tertiary/aromatic N) is 4. The molecule has 1 heterocycles. The van der Waals surface area contributed by atoms with Gasteiger partial charge in [0.05, 0.1) is 20.2 Å². The van der Waals surface area contributed by atoms with Gasteiger partial charge in [0.2, 0.25) is 0 Å². The first-order chi connectivity index (χ1) is 13.0. The molecule has 27 heavy (non-hydrogen) atoms. The van der Waals surface area contributed by atoms with E-state index in [1.54, 1.807) is 7.11 Å². The number of guanidine groups is 1. The van der Waals surface area contributed by atoms with Gasteiger partial charge in [-0.1, -0.05) is 0 Å². The molecule has 0 radical (unpaired) electrons. The van der Waals surface area contributed by atoms with E-state index in [0.717, 1.165) is 56.7 Å². The summed E-state index contributed by atoms with van der Waals surface area (Å²) in [5.41, 5.74) is 0. The van der Waals surface area contributed by atoms with Crippen LogP contribution in [0.3, 0.4) is 0 Å². The van der Waals surface area contributed by atoms with E-state index >= 15 is 0 Å². The molecule has 0 amide bonds. The minimum atomic E-state index is 0.460. The summed E-state index contributed by atoms with van der Waals surface area (Å²) in [6.45, 7) is 8.38. The Balaban J connectivity index is 1.84. The van der Waals surface area contributed by atoms with Crippen LogP contribution in [0.1, 0.15) is 6.92 Å². The SMILES string of the molecule is CCNC(=NCC1CN(C)CCN1C)N(C)CCOc1ccc(OC)cc1. The average molecular weight is 378 g/mol. The fourth-order valence-corrected chi connectivity index (χ4v) is 3.04. The van der Waals surface area contributed by atoms with Crippen molar-refractivity contribution in [2.75, 3.05) is 74.1 Å². The van der Waals surface area contributed by atoms with E-state index in [9.17, 15) is 0 Å². The largest absolute Gasteiger partial charge is 0.497 e. The molecule has 2 rings (SSSR count). The monoisotopic (exact) mass is 377 g/mol. The van der Waals surface area contributed by atoms with Gasteiger partial charge in [0, 0.05) is 39.3 Å². The molecule has 1 N–H and O–H groups in total. The lowest BCUT2D eigenvalue weighted by Gasteiger charge is -2.37. The summed E-state index contributed by atoms with van der Waals surface area (Å²) < 4.78 is 11.0. The quantitative estimate of drug-likeness (QED) is 0.543. The minimum absolute atomic E-state index is 0.460. The van der Waals surface area contributed by atoms with Crippen LogP contribution in [0.4, 0.5) is 0 Å². The van der Waals surface area contributed by atoms with Crippen LogP contribution in [-0.4, -0.2) is 101 Å². The molecule has 7 nitrogen and oxygen atoms in total. The first kappa shape index (κ1) is 21.3. The summed E-state index contributed by atoms with van der Waals surface area (Å²) in [7, 11) is 8.08. The highest BCUT2D eigenvalue weighted by atomic mass is 16.5. The topological polar surface area (TPSA) is 52.6 Å². The van der Waals surface area contributed by atoms with E-state index < -0.39 is 0 Å². The number of piperazine rings is 1. The Morgan fingerprint density at radius 1 is 1.22 bits per heavy atom. The van der Waals surface area contributed by atoms with Crippen molar-refractivity contribution >= 4 is 5.96 Å². The van der Waals surface area contributed by atoms with Crippen LogP contribution in [-0.2, 0) is 0 Å². The third-order valence-corrected chi connectivity index (χ3v) is 4.88. The third-order valence-electron chi connectivity index (χ3n) is 4.88. The van der Waals surface area contributed by atoms with Crippen molar-refractivity contribution in [3.05, 3.63) is 24.3 Å². The van der Waals surface area contributed by atoms with Crippen LogP contribution in [0.5, 0.6) is 11.5 Å². The maximum Gasteiger partial charge on any atom is 0.193 e. The molecular formula is C20H35N5O2. The Morgan fingerprint density at radius 2 is 1.93 bits per heavy atom. The Morgan fingerprint density at radius 3 is 2.59 bits per heavy atom. The third kappa shape index (κ3) is 6.92. The van der Waals surface area contributed by atoms with Gasteiger partial charge in [-0.2, -0.15) is 0 Å². The summed E-state index contributed by atoms with van der Waals surface area (Å²) >= 11 is 0. The van der Waals surface area contributed by atoms with E-state index in [1.807, 2.05) is 24.3 Å². The standard InChI is InChI=1S/C20H35N5O2/c1-6-21-20(22-15-17-16-23(2)11-12-24(17)3)25(4)13-14-27-19-9-7-18(26-5)8-10-19/h7-10,17H,6,11-16H2,1-5H3,(H,21,22). The number of ether oxygens (including phenoxy) is 2. The second kappa shape index (κ2) is 11.0. The van der Waals surface area contributed by atoms with Gasteiger partial charge in [-0.15, -0.1) is 0 Å². The summed E-state index contributed by atoms with van der Waals surface area (Å²) in [5, 5.41) is 3.38. The number of likely N-dealkylation sites (N-methyl/N-ethyl adjacent to an activating group) is 3. The summed E-state index contributed by atoms with van der Waals surface area (Å²) in [5.74, 6) is 2.61. The van der Waals surface area contributed by atoms with E-state index in [0.29, 0.717) is 12.6 Å². The van der Waals surface area contributed by atoms with E-state index in [2.05, 4.69) is 48.1 Å². The molecule has 1 saturated heterocycles. The van der Waals surface area contributed by atoms with E-state index in [1.165, 1.54) is 0 Å². The van der Waals surface area contributed by atoms with Crippen molar-refractivity contribution in [1.82, 2.24) is 20.0 Å². The second-order valence-electron chi connectivity index (χ2n) is 7.04. The minimum Gasteiger partial charge on any atom is -0.497 e. The number of aliphatic imine (C=N–C) groups is 1. The molecule has 7 heteroatoms. The van der Waals surface area contributed by atoms with Crippen molar-refractivity contribution in [3.8, 4) is 11.5 Å². The van der Waals surface area contributed by atoms with Gasteiger partial charge in [0.1, 0.15) is 18.1 Å². The lowest BCUT2D eigenvalue weighted by atomic mass is 10.2. The predicted molar refractivity (Wildman–Crippen MR) is 111 cm³/mol. The number of rotatable bonds is 8. The van der Waals surface area contributed by atoms with Crippen LogP contribution < -0.4 is 14.8 Å². The lowest BCUT2D eigenvalue weighted by molar-refractivity contribution is 0.119. The molecule has 0 bridgehead atoms. The van der Waals surface area contributed by atoms with E-state index in [-0.39, 0.29) is 0 Å². The highest BCUT2D eigenvalue weighted by Gasteiger charge is 2.22. The Labute approximate surface area is 163 Å². The second-order valence-corrected chi connectivity index (χ2v) is 7.04. The molecule has 1 aliphatic rings. The van der Waals surface area contributed by atoms with Crippen molar-refractivity contribution in [3.63, 3.8) is 0 Å². The summed E-state index contributed by atoms with van der Waals surface area (Å²) in [6, 6.07) is 8.12. The number of benzene rings is 1. The normalized spacial score (nSPS) is 19.0. The van der Waals surface area contributed by atoms with Crippen LogP contribution in [0.25, 0.3) is 0 Å². The summed E-state index contributed by atoms with van der Waals surface area (Å²) in [6.07, 6.45) is 0. The first-order valence-electron chi connectivity index (χ1n) is 9.68. The highest BCUT2D eigenvalue weighted by Crippen LogP contribution is 2.16. The molecule has 1 aromatic rings. The Hall–Kier alpha value is -1.99. The predicted octanol–water partition coefficient (Wildman–Crippen LogP) is 1.22. The van der Waals surface area contributed by atoms with Crippen molar-refractivity contribution < 1.29 is 9.47 Å². The van der Waals surface area contributed by atoms with Crippen molar-refractivity contribution in [1.29, 1.82) is 0 Å². The molecule has 1 atom stereocenters. The van der Waals surface area contributed by atoms with Gasteiger partial charge in [0.15, 0.2) is 5.96 Å². The van der Waals surface area contributed by atoms with Gasteiger partial charge in [-0.05, 0) is 45.3 Å². The molecule has 0 aromatic heterocycles. The zero-order chi connectivity index (χ0) is 19.6. The zero-order valence-electron chi connectivity index (χ0n) is 17.4. The van der Waals surface area contributed by atoms with E-state index in [4.69, 9.17) is 14.5 Å². The molecule has 1 fully saturated rings. The lowest BCUT2D eigenvalue weighted by Crippen LogP contribution is -2.51. The number of hydrogen-bond acceptors (Lipinski definition) is 5.